The van der Waals surface area contributed by atoms with E-state index in [0.29, 0.717) is 5.92 Å². The van der Waals surface area contributed by atoms with Gasteiger partial charge in [-0.05, 0) is 44.0 Å². The highest BCUT2D eigenvalue weighted by molar-refractivity contribution is 5.60. The van der Waals surface area contributed by atoms with Gasteiger partial charge in [0.05, 0.1) is 5.69 Å². The second-order valence-electron chi connectivity index (χ2n) is 5.12. The van der Waals surface area contributed by atoms with E-state index in [2.05, 4.69) is 25.6 Å². The molecule has 20 heavy (non-hydrogen) atoms. The van der Waals surface area contributed by atoms with Gasteiger partial charge in [0.2, 0.25) is 0 Å². The molecule has 1 fully saturated rings. The van der Waals surface area contributed by atoms with E-state index < -0.39 is 0 Å². The van der Waals surface area contributed by atoms with Crippen LogP contribution in [0.3, 0.4) is 0 Å². The predicted octanol–water partition coefficient (Wildman–Crippen LogP) is 1.95. The maximum Gasteiger partial charge on any atom is 0.129 e. The average molecular weight is 269 g/mol. The van der Waals surface area contributed by atoms with Gasteiger partial charge in [0, 0.05) is 30.6 Å². The van der Waals surface area contributed by atoms with Crippen molar-refractivity contribution in [1.29, 1.82) is 0 Å². The Labute approximate surface area is 118 Å². The fraction of sp³-hybridized carbons (Fsp3) is 0.400. The molecule has 1 aliphatic heterocycles. The largest absolute Gasteiger partial charge is 0.370 e. The molecule has 1 saturated heterocycles. The number of aromatic nitrogens is 3. The molecule has 0 saturated carbocycles. The number of hydrogen-bond acceptors (Lipinski definition) is 5. The lowest BCUT2D eigenvalue weighted by Gasteiger charge is -2.23. The normalized spacial score (nSPS) is 18.7. The first-order valence-electron chi connectivity index (χ1n) is 7.09. The third kappa shape index (κ3) is 3.30. The second kappa shape index (κ2) is 6.43. The summed E-state index contributed by atoms with van der Waals surface area (Å²) >= 11 is 0. The average Bonchev–Trinajstić information content (AvgIpc) is 2.55. The minimum absolute atomic E-state index is 0.681. The molecule has 1 atom stereocenters. The maximum absolute atomic E-state index is 4.30. The van der Waals surface area contributed by atoms with Crippen LogP contribution in [0.2, 0.25) is 0 Å². The van der Waals surface area contributed by atoms with Crippen molar-refractivity contribution in [1.82, 2.24) is 20.3 Å². The summed E-state index contributed by atoms with van der Waals surface area (Å²) in [6.07, 6.45) is 7.72. The summed E-state index contributed by atoms with van der Waals surface area (Å²) in [6, 6.07) is 5.90. The van der Waals surface area contributed by atoms with Crippen LogP contribution in [0, 0.1) is 5.92 Å². The lowest BCUT2D eigenvalue weighted by molar-refractivity contribution is 0.392. The third-order valence-corrected chi connectivity index (χ3v) is 3.60. The molecular formula is C15H19N5. The van der Waals surface area contributed by atoms with E-state index in [1.807, 2.05) is 24.4 Å². The number of nitrogens with zero attached hydrogens (tertiary/aromatic N) is 3. The highest BCUT2D eigenvalue weighted by Crippen LogP contribution is 2.18. The number of pyridine rings is 1. The Morgan fingerprint density at radius 1 is 1.35 bits per heavy atom. The smallest absolute Gasteiger partial charge is 0.129 e. The molecule has 0 aliphatic carbocycles. The summed E-state index contributed by atoms with van der Waals surface area (Å²) in [4.78, 5) is 12.7. The molecule has 2 aromatic rings. The monoisotopic (exact) mass is 269 g/mol. The number of piperidine rings is 1. The Morgan fingerprint density at radius 2 is 2.35 bits per heavy atom. The van der Waals surface area contributed by atoms with Gasteiger partial charge in [-0.3, -0.25) is 4.98 Å². The molecule has 3 rings (SSSR count). The Hall–Kier alpha value is -2.01. The van der Waals surface area contributed by atoms with Crippen LogP contribution in [-0.4, -0.2) is 34.6 Å². The van der Waals surface area contributed by atoms with Gasteiger partial charge in [-0.25, -0.2) is 9.97 Å². The van der Waals surface area contributed by atoms with E-state index in [1.54, 1.807) is 12.5 Å². The summed E-state index contributed by atoms with van der Waals surface area (Å²) < 4.78 is 0. The maximum atomic E-state index is 4.30. The second-order valence-corrected chi connectivity index (χ2v) is 5.12. The van der Waals surface area contributed by atoms with Gasteiger partial charge in [-0.1, -0.05) is 0 Å². The Kier molecular flexibility index (Phi) is 4.18. The first-order valence-corrected chi connectivity index (χ1v) is 7.09. The molecule has 2 aromatic heterocycles. The van der Waals surface area contributed by atoms with Crippen molar-refractivity contribution in [2.45, 2.75) is 12.8 Å². The van der Waals surface area contributed by atoms with Crippen molar-refractivity contribution in [3.8, 4) is 11.3 Å². The molecule has 104 valence electrons. The number of rotatable bonds is 4. The number of nitrogens with one attached hydrogen (secondary N) is 2. The van der Waals surface area contributed by atoms with E-state index in [4.69, 9.17) is 0 Å². The molecule has 3 heterocycles. The molecule has 0 radical (unpaired) electrons. The summed E-state index contributed by atoms with van der Waals surface area (Å²) in [7, 11) is 0. The van der Waals surface area contributed by atoms with Gasteiger partial charge in [-0.2, -0.15) is 0 Å². The minimum Gasteiger partial charge on any atom is -0.370 e. The minimum atomic E-state index is 0.681. The Bertz CT molecular complexity index is 537. The lowest BCUT2D eigenvalue weighted by Crippen LogP contribution is -2.33. The van der Waals surface area contributed by atoms with Crippen LogP contribution in [0.1, 0.15) is 12.8 Å². The van der Waals surface area contributed by atoms with Gasteiger partial charge < -0.3 is 10.6 Å². The van der Waals surface area contributed by atoms with E-state index in [9.17, 15) is 0 Å². The highest BCUT2D eigenvalue weighted by Gasteiger charge is 2.12. The van der Waals surface area contributed by atoms with Crippen LogP contribution in [0.5, 0.6) is 0 Å². The standard InChI is InChI=1S/C15H19N5/c1-3-12(8-16-5-1)9-18-15-7-14(19-11-20-15)13-4-2-6-17-10-13/h2,4,6-7,10-12,16H,1,3,5,8-9H2,(H,18,19,20). The number of hydrogen-bond donors (Lipinski definition) is 2. The zero-order valence-corrected chi connectivity index (χ0v) is 11.4. The first kappa shape index (κ1) is 13.0. The SMILES string of the molecule is c1cncc(-c2cc(NCC3CCCNC3)ncn2)c1. The van der Waals surface area contributed by atoms with Gasteiger partial charge in [0.15, 0.2) is 0 Å². The van der Waals surface area contributed by atoms with Gasteiger partial charge in [0.25, 0.3) is 0 Å². The Balaban J connectivity index is 1.65. The van der Waals surface area contributed by atoms with Crippen LogP contribution in [0.15, 0.2) is 36.9 Å². The molecule has 1 unspecified atom stereocenters. The predicted molar refractivity (Wildman–Crippen MR) is 79.3 cm³/mol. The van der Waals surface area contributed by atoms with Crippen molar-refractivity contribution >= 4 is 5.82 Å². The molecule has 2 N–H and O–H groups in total. The van der Waals surface area contributed by atoms with Gasteiger partial charge >= 0.3 is 0 Å². The summed E-state index contributed by atoms with van der Waals surface area (Å²) in [5, 5.41) is 6.84. The van der Waals surface area contributed by atoms with Crippen LogP contribution in [-0.2, 0) is 0 Å². The molecule has 0 spiro atoms. The molecule has 0 aromatic carbocycles. The van der Waals surface area contributed by atoms with E-state index >= 15 is 0 Å². The highest BCUT2D eigenvalue weighted by atomic mass is 15.0. The Morgan fingerprint density at radius 3 is 3.15 bits per heavy atom. The van der Waals surface area contributed by atoms with Crippen molar-refractivity contribution in [2.24, 2.45) is 5.92 Å². The van der Waals surface area contributed by atoms with E-state index in [1.165, 1.54) is 12.8 Å². The van der Waals surface area contributed by atoms with E-state index in [0.717, 1.165) is 36.7 Å². The van der Waals surface area contributed by atoms with Crippen molar-refractivity contribution in [3.63, 3.8) is 0 Å². The molecule has 5 heteroatoms. The van der Waals surface area contributed by atoms with Crippen LogP contribution in [0.4, 0.5) is 5.82 Å². The summed E-state index contributed by atoms with van der Waals surface area (Å²) in [5.74, 6) is 1.56. The van der Waals surface area contributed by atoms with E-state index in [-0.39, 0.29) is 0 Å². The number of anilines is 1. The van der Waals surface area contributed by atoms with Crippen molar-refractivity contribution < 1.29 is 0 Å². The van der Waals surface area contributed by atoms with Crippen LogP contribution < -0.4 is 10.6 Å². The molecule has 0 bridgehead atoms. The topological polar surface area (TPSA) is 62.7 Å². The lowest BCUT2D eigenvalue weighted by atomic mass is 10.00. The van der Waals surface area contributed by atoms with Crippen molar-refractivity contribution in [3.05, 3.63) is 36.9 Å². The zero-order chi connectivity index (χ0) is 13.6. The summed E-state index contributed by atoms with van der Waals surface area (Å²) in [6.45, 7) is 3.19. The molecule has 0 amide bonds. The zero-order valence-electron chi connectivity index (χ0n) is 11.4. The fourth-order valence-corrected chi connectivity index (χ4v) is 2.47. The quantitative estimate of drug-likeness (QED) is 0.888. The van der Waals surface area contributed by atoms with Crippen LogP contribution >= 0.6 is 0 Å². The van der Waals surface area contributed by atoms with Gasteiger partial charge in [0.1, 0.15) is 12.1 Å². The summed E-state index contributed by atoms with van der Waals surface area (Å²) in [5.41, 5.74) is 1.91. The molecular weight excluding hydrogens is 250 g/mol. The first-order chi connectivity index (χ1) is 9.92. The third-order valence-electron chi connectivity index (χ3n) is 3.60. The fourth-order valence-electron chi connectivity index (χ4n) is 2.47. The van der Waals surface area contributed by atoms with Gasteiger partial charge in [-0.15, -0.1) is 0 Å². The molecule has 5 nitrogen and oxygen atoms in total. The van der Waals surface area contributed by atoms with Crippen LogP contribution in [0.25, 0.3) is 11.3 Å². The van der Waals surface area contributed by atoms with Crippen molar-refractivity contribution in [2.75, 3.05) is 25.0 Å². The molecule has 1 aliphatic rings.